The quantitative estimate of drug-likeness (QED) is 0.564. The third-order valence-corrected chi connectivity index (χ3v) is 5.71. The van der Waals surface area contributed by atoms with Crippen molar-refractivity contribution in [1.82, 2.24) is 15.1 Å². The summed E-state index contributed by atoms with van der Waals surface area (Å²) in [6.45, 7) is 4.92. The van der Waals surface area contributed by atoms with Gasteiger partial charge in [-0.2, -0.15) is 5.10 Å². The van der Waals surface area contributed by atoms with Gasteiger partial charge in [0.25, 0.3) is 5.91 Å². The lowest BCUT2D eigenvalue weighted by atomic mass is 9.94. The van der Waals surface area contributed by atoms with Crippen molar-refractivity contribution in [3.63, 3.8) is 0 Å². The zero-order valence-corrected chi connectivity index (χ0v) is 18.0. The average Bonchev–Trinajstić information content (AvgIpc) is 3.24. The number of amides is 1. The number of benzene rings is 2. The molecule has 1 amide bonds. The normalized spacial score (nSPS) is 15.7. The highest BCUT2D eigenvalue weighted by Crippen LogP contribution is 2.45. The van der Waals surface area contributed by atoms with Crippen LogP contribution < -0.4 is 0 Å². The Hall–Kier alpha value is -2.83. The summed E-state index contributed by atoms with van der Waals surface area (Å²) in [5, 5.41) is 18.7. The number of aromatic hydroxyl groups is 1. The topological polar surface area (TPSA) is 78.5 Å². The van der Waals surface area contributed by atoms with E-state index in [2.05, 4.69) is 10.2 Å². The molecule has 0 bridgehead atoms. The molecule has 0 spiro atoms. The molecule has 1 unspecified atom stereocenters. The van der Waals surface area contributed by atoms with E-state index in [0.29, 0.717) is 41.5 Å². The highest BCUT2D eigenvalue weighted by atomic mass is 35.5. The molecule has 156 valence electrons. The second-order valence-corrected chi connectivity index (χ2v) is 8.08. The number of phenolic OH excluding ortho intramolecular Hbond substituents is 1. The molecule has 2 N–H and O–H groups in total. The molecule has 1 aliphatic heterocycles. The van der Waals surface area contributed by atoms with E-state index in [4.69, 9.17) is 16.3 Å². The van der Waals surface area contributed by atoms with Crippen LogP contribution in [0.15, 0.2) is 36.4 Å². The van der Waals surface area contributed by atoms with Crippen LogP contribution in [-0.2, 0) is 4.74 Å². The van der Waals surface area contributed by atoms with E-state index >= 15 is 0 Å². The predicted molar refractivity (Wildman–Crippen MR) is 116 cm³/mol. The van der Waals surface area contributed by atoms with E-state index in [1.54, 1.807) is 7.11 Å². The minimum Gasteiger partial charge on any atom is -0.507 e. The fourth-order valence-electron chi connectivity index (χ4n) is 4.18. The number of halogens is 1. The third-order valence-electron chi connectivity index (χ3n) is 5.48. The summed E-state index contributed by atoms with van der Waals surface area (Å²) >= 11 is 6.27. The fourth-order valence-corrected chi connectivity index (χ4v) is 4.37. The zero-order valence-electron chi connectivity index (χ0n) is 17.2. The van der Waals surface area contributed by atoms with Crippen LogP contribution in [0.2, 0.25) is 5.02 Å². The van der Waals surface area contributed by atoms with Crippen molar-refractivity contribution < 1.29 is 14.6 Å². The first-order valence-electron chi connectivity index (χ1n) is 9.86. The molecule has 2 aromatic carbocycles. The first-order valence-corrected chi connectivity index (χ1v) is 10.2. The summed E-state index contributed by atoms with van der Waals surface area (Å²) in [7, 11) is 1.65. The van der Waals surface area contributed by atoms with Crippen molar-refractivity contribution in [2.45, 2.75) is 26.3 Å². The Kier molecular flexibility index (Phi) is 5.54. The van der Waals surface area contributed by atoms with Crippen LogP contribution in [0.25, 0.3) is 11.3 Å². The molecule has 1 aliphatic rings. The van der Waals surface area contributed by atoms with Gasteiger partial charge in [-0.25, -0.2) is 0 Å². The summed E-state index contributed by atoms with van der Waals surface area (Å²) in [6, 6.07) is 11.0. The smallest absolute Gasteiger partial charge is 0.273 e. The van der Waals surface area contributed by atoms with Crippen LogP contribution >= 0.6 is 11.6 Å². The summed E-state index contributed by atoms with van der Waals surface area (Å²) < 4.78 is 5.18. The lowest BCUT2D eigenvalue weighted by molar-refractivity contribution is 0.0723. The van der Waals surface area contributed by atoms with Gasteiger partial charge in [0.15, 0.2) is 0 Å². The van der Waals surface area contributed by atoms with Crippen LogP contribution in [0, 0.1) is 13.8 Å². The van der Waals surface area contributed by atoms with Crippen molar-refractivity contribution in [3.8, 4) is 17.0 Å². The number of aryl methyl sites for hydroxylation is 2. The van der Waals surface area contributed by atoms with Gasteiger partial charge in [-0.15, -0.1) is 0 Å². The lowest BCUT2D eigenvalue weighted by Crippen LogP contribution is -2.31. The number of carbonyl (C=O) groups is 1. The van der Waals surface area contributed by atoms with Gasteiger partial charge in [0.05, 0.1) is 6.04 Å². The van der Waals surface area contributed by atoms with Gasteiger partial charge in [-0.1, -0.05) is 29.8 Å². The van der Waals surface area contributed by atoms with Crippen molar-refractivity contribution in [2.75, 3.05) is 20.3 Å². The lowest BCUT2D eigenvalue weighted by Gasteiger charge is -2.26. The minimum absolute atomic E-state index is 0.117. The number of carbonyl (C=O) groups excluding carboxylic acids is 1. The largest absolute Gasteiger partial charge is 0.507 e. The van der Waals surface area contributed by atoms with E-state index in [9.17, 15) is 9.90 Å². The Morgan fingerprint density at radius 2 is 2.07 bits per heavy atom. The van der Waals surface area contributed by atoms with Crippen molar-refractivity contribution >= 4 is 17.5 Å². The van der Waals surface area contributed by atoms with Gasteiger partial charge in [-0.3, -0.25) is 9.89 Å². The highest BCUT2D eigenvalue weighted by Gasteiger charge is 2.42. The molecule has 30 heavy (non-hydrogen) atoms. The van der Waals surface area contributed by atoms with Crippen LogP contribution in [0.4, 0.5) is 0 Å². The molecule has 0 saturated carbocycles. The number of rotatable bonds is 6. The molecule has 7 heteroatoms. The number of methoxy groups -OCH3 is 1. The number of ether oxygens (including phenoxy) is 1. The van der Waals surface area contributed by atoms with Gasteiger partial charge >= 0.3 is 0 Å². The summed E-state index contributed by atoms with van der Waals surface area (Å²) in [4.78, 5) is 15.1. The summed E-state index contributed by atoms with van der Waals surface area (Å²) in [5.74, 6) is 0.0544. The first-order chi connectivity index (χ1) is 14.4. The van der Waals surface area contributed by atoms with E-state index in [0.717, 1.165) is 22.3 Å². The number of aromatic nitrogens is 2. The Morgan fingerprint density at radius 3 is 2.80 bits per heavy atom. The minimum atomic E-state index is -0.350. The number of nitrogens with zero attached hydrogens (tertiary/aromatic N) is 2. The number of fused-ring (bicyclic) bond motifs is 1. The average molecular weight is 426 g/mol. The van der Waals surface area contributed by atoms with Crippen molar-refractivity contribution in [2.24, 2.45) is 0 Å². The van der Waals surface area contributed by atoms with Gasteiger partial charge in [0, 0.05) is 36.4 Å². The molecule has 1 aromatic heterocycles. The van der Waals surface area contributed by atoms with Crippen LogP contribution in [0.1, 0.15) is 45.2 Å². The molecular weight excluding hydrogens is 402 g/mol. The SMILES string of the molecule is COCCCN1C(=O)c2[nH]nc(-c3cc(C)cc(C)c3O)c2C1c1cccc(Cl)c1. The molecule has 0 fully saturated rings. The predicted octanol–water partition coefficient (Wildman–Crippen LogP) is 4.63. The molecule has 4 rings (SSSR count). The molecule has 3 aromatic rings. The monoisotopic (exact) mass is 425 g/mol. The number of hydrogen-bond acceptors (Lipinski definition) is 4. The van der Waals surface area contributed by atoms with E-state index < -0.39 is 0 Å². The Morgan fingerprint density at radius 1 is 1.27 bits per heavy atom. The maximum absolute atomic E-state index is 13.2. The van der Waals surface area contributed by atoms with E-state index in [1.807, 2.05) is 55.1 Å². The van der Waals surface area contributed by atoms with Crippen molar-refractivity contribution in [1.29, 1.82) is 0 Å². The Labute approximate surface area is 180 Å². The third kappa shape index (κ3) is 3.46. The molecule has 0 radical (unpaired) electrons. The summed E-state index contributed by atoms with van der Waals surface area (Å²) in [5.41, 5.74) is 5.09. The van der Waals surface area contributed by atoms with Gasteiger partial charge in [-0.05, 0) is 55.2 Å². The maximum atomic E-state index is 13.2. The maximum Gasteiger partial charge on any atom is 0.273 e. The number of phenols is 1. The van der Waals surface area contributed by atoms with Gasteiger partial charge in [0.1, 0.15) is 17.1 Å². The molecule has 2 heterocycles. The first kappa shape index (κ1) is 20.4. The van der Waals surface area contributed by atoms with Crippen LogP contribution in [0.3, 0.4) is 0 Å². The van der Waals surface area contributed by atoms with Crippen LogP contribution in [-0.4, -0.2) is 46.4 Å². The van der Waals surface area contributed by atoms with Crippen LogP contribution in [0.5, 0.6) is 5.75 Å². The number of nitrogens with one attached hydrogen (secondary N) is 1. The van der Waals surface area contributed by atoms with E-state index in [-0.39, 0.29) is 17.7 Å². The highest BCUT2D eigenvalue weighted by molar-refractivity contribution is 6.30. The Balaban J connectivity index is 1.88. The standard InChI is InChI=1S/C23H24ClN3O3/c1-13-10-14(2)22(28)17(11-13)19-18-20(26-25-19)23(29)27(8-5-9-30-3)21(18)15-6-4-7-16(24)12-15/h4,6-7,10-12,21,28H,5,8-9H2,1-3H3,(H,25,26). The van der Waals surface area contributed by atoms with Gasteiger partial charge in [0.2, 0.25) is 0 Å². The summed E-state index contributed by atoms with van der Waals surface area (Å²) in [6.07, 6.45) is 0.709. The molecule has 6 nitrogen and oxygen atoms in total. The van der Waals surface area contributed by atoms with Crippen molar-refractivity contribution in [3.05, 3.63) is 69.4 Å². The number of hydrogen-bond donors (Lipinski definition) is 2. The number of H-pyrrole nitrogens is 1. The Bertz CT molecular complexity index is 1110. The van der Waals surface area contributed by atoms with E-state index in [1.165, 1.54) is 0 Å². The molecule has 0 saturated heterocycles. The number of aromatic amines is 1. The van der Waals surface area contributed by atoms with Gasteiger partial charge < -0.3 is 14.7 Å². The fraction of sp³-hybridized carbons (Fsp3) is 0.304. The molecule has 0 aliphatic carbocycles. The second-order valence-electron chi connectivity index (χ2n) is 7.64. The molecule has 1 atom stereocenters. The zero-order chi connectivity index (χ0) is 21.4. The second kappa shape index (κ2) is 8.13. The molecular formula is C23H24ClN3O3.